The van der Waals surface area contributed by atoms with E-state index >= 15 is 0 Å². The Morgan fingerprint density at radius 2 is 1.95 bits per heavy atom. The molecule has 2 N–H and O–H groups in total. The highest BCUT2D eigenvalue weighted by Crippen LogP contribution is 2.35. The molecule has 4 aromatic rings. The molecule has 0 saturated carbocycles. The van der Waals surface area contributed by atoms with Gasteiger partial charge < -0.3 is 15.4 Å². The van der Waals surface area contributed by atoms with Gasteiger partial charge in [0.15, 0.2) is 5.13 Å². The second-order valence-electron chi connectivity index (χ2n) is 8.56. The van der Waals surface area contributed by atoms with Crippen LogP contribution >= 0.6 is 22.9 Å². The topological polar surface area (TPSA) is 93.2 Å². The summed E-state index contributed by atoms with van der Waals surface area (Å²) in [6, 6.07) is 12.4. The number of aromatic nitrogens is 2. The Morgan fingerprint density at radius 3 is 2.68 bits per heavy atom. The number of ether oxygens (including phenoxy) is 1. The maximum Gasteiger partial charge on any atom is 0.255 e. The number of thiazole rings is 1. The SMILES string of the molecule is C#CC(C)(C)c1cccc(C(=O)Nc2cc(Oc3ccc4nc(NC(=O)CC)sc4n3)c(Cl)cc2F)c1. The Morgan fingerprint density at radius 1 is 1.16 bits per heavy atom. The van der Waals surface area contributed by atoms with E-state index in [0.29, 0.717) is 27.5 Å². The lowest BCUT2D eigenvalue weighted by Crippen LogP contribution is -2.17. The van der Waals surface area contributed by atoms with Crippen LogP contribution < -0.4 is 15.4 Å². The highest BCUT2D eigenvalue weighted by molar-refractivity contribution is 7.21. The average molecular weight is 537 g/mol. The van der Waals surface area contributed by atoms with Crippen LogP contribution in [0.1, 0.15) is 43.1 Å². The minimum Gasteiger partial charge on any atom is -0.437 e. The summed E-state index contributed by atoms with van der Waals surface area (Å²) in [6.45, 7) is 5.48. The van der Waals surface area contributed by atoms with Gasteiger partial charge in [-0.2, -0.15) is 0 Å². The fourth-order valence-corrected chi connectivity index (χ4v) is 4.30. The molecule has 0 bridgehead atoms. The number of rotatable bonds is 7. The largest absolute Gasteiger partial charge is 0.437 e. The molecule has 10 heteroatoms. The lowest BCUT2D eigenvalue weighted by Gasteiger charge is -2.18. The number of nitrogens with zero attached hydrogens (tertiary/aromatic N) is 2. The van der Waals surface area contributed by atoms with Crippen LogP contribution in [-0.4, -0.2) is 21.8 Å². The third kappa shape index (κ3) is 5.88. The number of halogens is 2. The molecule has 0 radical (unpaired) electrons. The molecule has 0 saturated heterocycles. The van der Waals surface area contributed by atoms with Gasteiger partial charge in [0, 0.05) is 24.1 Å². The summed E-state index contributed by atoms with van der Waals surface area (Å²) >= 11 is 7.40. The van der Waals surface area contributed by atoms with Crippen LogP contribution in [0.3, 0.4) is 0 Å². The molecule has 2 aromatic carbocycles. The van der Waals surface area contributed by atoms with E-state index in [0.717, 1.165) is 11.6 Å². The lowest BCUT2D eigenvalue weighted by molar-refractivity contribution is -0.115. The molecule has 0 aliphatic heterocycles. The normalized spacial score (nSPS) is 11.1. The third-order valence-corrected chi connectivity index (χ3v) is 6.66. The number of anilines is 2. The Balaban J connectivity index is 1.56. The number of nitrogens with one attached hydrogen (secondary N) is 2. The van der Waals surface area contributed by atoms with E-state index in [-0.39, 0.29) is 28.2 Å². The maximum absolute atomic E-state index is 14.7. The third-order valence-electron chi connectivity index (χ3n) is 5.49. The quantitative estimate of drug-likeness (QED) is 0.254. The van der Waals surface area contributed by atoms with Crippen LogP contribution in [-0.2, 0) is 10.2 Å². The van der Waals surface area contributed by atoms with Crippen molar-refractivity contribution in [1.29, 1.82) is 0 Å². The molecule has 0 aliphatic rings. The van der Waals surface area contributed by atoms with Crippen molar-refractivity contribution in [3.8, 4) is 24.0 Å². The molecule has 0 aliphatic carbocycles. The Labute approximate surface area is 222 Å². The molecule has 4 rings (SSSR count). The van der Waals surface area contributed by atoms with Gasteiger partial charge in [0.2, 0.25) is 11.8 Å². The van der Waals surface area contributed by atoms with Crippen molar-refractivity contribution in [2.24, 2.45) is 0 Å². The predicted molar refractivity (Wildman–Crippen MR) is 144 cm³/mol. The fourth-order valence-electron chi connectivity index (χ4n) is 3.26. The van der Waals surface area contributed by atoms with Crippen molar-refractivity contribution in [3.05, 3.63) is 70.5 Å². The van der Waals surface area contributed by atoms with E-state index in [1.54, 1.807) is 37.3 Å². The first-order valence-corrected chi connectivity index (χ1v) is 12.4. The molecular weight excluding hydrogens is 515 g/mol. The molecule has 0 fully saturated rings. The van der Waals surface area contributed by atoms with E-state index in [2.05, 4.69) is 26.5 Å². The number of hydrogen-bond acceptors (Lipinski definition) is 6. The second kappa shape index (κ2) is 10.5. The van der Waals surface area contributed by atoms with Crippen molar-refractivity contribution in [2.45, 2.75) is 32.6 Å². The Hall–Kier alpha value is -4.00. The number of hydrogen-bond donors (Lipinski definition) is 2. The van der Waals surface area contributed by atoms with E-state index in [9.17, 15) is 14.0 Å². The molecular formula is C27H22ClFN4O3S. The van der Waals surface area contributed by atoms with Gasteiger partial charge in [-0.3, -0.25) is 9.59 Å². The minimum absolute atomic E-state index is 0.00429. The van der Waals surface area contributed by atoms with Crippen molar-refractivity contribution < 1.29 is 18.7 Å². The first-order chi connectivity index (χ1) is 17.6. The van der Waals surface area contributed by atoms with Crippen LogP contribution in [0.25, 0.3) is 10.3 Å². The van der Waals surface area contributed by atoms with Crippen LogP contribution in [0.15, 0.2) is 48.5 Å². The number of carbonyl (C=O) groups excluding carboxylic acids is 2. The monoisotopic (exact) mass is 536 g/mol. The zero-order chi connectivity index (χ0) is 26.7. The molecule has 0 spiro atoms. The van der Waals surface area contributed by atoms with Crippen molar-refractivity contribution in [2.75, 3.05) is 10.6 Å². The number of pyridine rings is 1. The van der Waals surface area contributed by atoms with E-state index < -0.39 is 17.1 Å². The Kier molecular flexibility index (Phi) is 7.43. The number of amides is 2. The molecule has 0 unspecified atom stereocenters. The summed E-state index contributed by atoms with van der Waals surface area (Å²) in [4.78, 5) is 33.8. The fraction of sp³-hybridized carbons (Fsp3) is 0.185. The van der Waals surface area contributed by atoms with Crippen LogP contribution in [0.2, 0.25) is 5.02 Å². The molecule has 0 atom stereocenters. The molecule has 2 amide bonds. The van der Waals surface area contributed by atoms with Crippen LogP contribution in [0, 0.1) is 18.2 Å². The van der Waals surface area contributed by atoms with Crippen molar-refractivity contribution in [1.82, 2.24) is 9.97 Å². The first-order valence-electron chi connectivity index (χ1n) is 11.2. The van der Waals surface area contributed by atoms with Gasteiger partial charge in [0.25, 0.3) is 5.91 Å². The van der Waals surface area contributed by atoms with Gasteiger partial charge in [0.1, 0.15) is 21.9 Å². The molecule has 7 nitrogen and oxygen atoms in total. The smallest absolute Gasteiger partial charge is 0.255 e. The van der Waals surface area contributed by atoms with Crippen molar-refractivity contribution in [3.63, 3.8) is 0 Å². The number of carbonyl (C=O) groups is 2. The zero-order valence-corrected chi connectivity index (χ0v) is 21.8. The summed E-state index contributed by atoms with van der Waals surface area (Å²) < 4.78 is 20.5. The maximum atomic E-state index is 14.7. The van der Waals surface area contributed by atoms with Crippen molar-refractivity contribution >= 4 is 55.9 Å². The molecule has 2 heterocycles. The summed E-state index contributed by atoms with van der Waals surface area (Å²) in [5.41, 5.74) is 0.995. The minimum atomic E-state index is -0.729. The van der Waals surface area contributed by atoms with Crippen LogP contribution in [0.5, 0.6) is 11.6 Å². The number of benzene rings is 2. The van der Waals surface area contributed by atoms with Gasteiger partial charge in [-0.1, -0.05) is 47.9 Å². The zero-order valence-electron chi connectivity index (χ0n) is 20.2. The summed E-state index contributed by atoms with van der Waals surface area (Å²) in [5.74, 6) is 1.56. The standard InChI is InChI=1S/C27H22ClFN4O3S/c1-5-22(34)32-26-31-19-10-11-23(33-25(19)37-26)36-21-14-20(18(29)13-17(21)28)30-24(35)15-8-7-9-16(12-15)27(3,4)6-2/h2,7-14H,5H2,1,3-4H3,(H,30,35)(H,31,32,34). The van der Waals surface area contributed by atoms with Gasteiger partial charge in [0.05, 0.1) is 16.1 Å². The lowest BCUT2D eigenvalue weighted by atomic mass is 9.85. The Bertz CT molecular complexity index is 1560. The molecule has 188 valence electrons. The predicted octanol–water partition coefficient (Wildman–Crippen LogP) is 6.79. The highest BCUT2D eigenvalue weighted by atomic mass is 35.5. The van der Waals surface area contributed by atoms with Gasteiger partial charge in [-0.25, -0.2) is 14.4 Å². The van der Waals surface area contributed by atoms with Gasteiger partial charge in [-0.05, 0) is 43.7 Å². The van der Waals surface area contributed by atoms with Gasteiger partial charge in [-0.15, -0.1) is 6.42 Å². The summed E-state index contributed by atoms with van der Waals surface area (Å²) in [5, 5.41) is 5.67. The first kappa shape index (κ1) is 26.1. The molecule has 37 heavy (non-hydrogen) atoms. The van der Waals surface area contributed by atoms with E-state index in [1.807, 2.05) is 19.9 Å². The summed E-state index contributed by atoms with van der Waals surface area (Å²) in [6.07, 6.45) is 5.93. The van der Waals surface area contributed by atoms with Gasteiger partial charge >= 0.3 is 0 Å². The number of terminal acetylenes is 1. The van der Waals surface area contributed by atoms with Crippen LogP contribution in [0.4, 0.5) is 15.2 Å². The second-order valence-corrected chi connectivity index (χ2v) is 9.95. The van der Waals surface area contributed by atoms with E-state index in [4.69, 9.17) is 22.8 Å². The molecule has 2 aromatic heterocycles. The summed E-state index contributed by atoms with van der Waals surface area (Å²) in [7, 11) is 0. The highest BCUT2D eigenvalue weighted by Gasteiger charge is 2.20. The number of fused-ring (bicyclic) bond motifs is 1. The average Bonchev–Trinajstić information content (AvgIpc) is 3.28. The van der Waals surface area contributed by atoms with E-state index in [1.165, 1.54) is 17.4 Å².